The summed E-state index contributed by atoms with van der Waals surface area (Å²) in [5.74, 6) is 0.723. The van der Waals surface area contributed by atoms with Crippen LogP contribution in [-0.4, -0.2) is 8.29 Å². The van der Waals surface area contributed by atoms with Gasteiger partial charge in [0.25, 0.3) is 0 Å². The summed E-state index contributed by atoms with van der Waals surface area (Å²) in [6.45, 7) is 7.36. The maximum Gasteiger partial charge on any atom is 0.126 e. The van der Waals surface area contributed by atoms with Gasteiger partial charge in [-0.25, -0.2) is 4.21 Å². The van der Waals surface area contributed by atoms with Crippen molar-refractivity contribution in [2.75, 3.05) is 0 Å². The van der Waals surface area contributed by atoms with Crippen molar-refractivity contribution >= 4 is 20.6 Å². The van der Waals surface area contributed by atoms with Crippen LogP contribution in [0.25, 0.3) is 0 Å². The summed E-state index contributed by atoms with van der Waals surface area (Å²) in [5.41, 5.74) is 3.85. The van der Waals surface area contributed by atoms with Gasteiger partial charge in [0.1, 0.15) is 13.9 Å². The first kappa shape index (κ1) is 13.2. The van der Waals surface area contributed by atoms with E-state index >= 15 is 0 Å². The number of fused-ring (bicyclic) bond motifs is 6. The van der Waals surface area contributed by atoms with Gasteiger partial charge in [0.2, 0.25) is 0 Å². The molecule has 1 aromatic rings. The van der Waals surface area contributed by atoms with Gasteiger partial charge in [0.05, 0.1) is 0 Å². The minimum atomic E-state index is -0.681. The Balaban J connectivity index is 1.74. The molecule has 1 aliphatic heterocycles. The second-order valence-corrected chi connectivity index (χ2v) is 11.9. The SMILES string of the molecule is CC1(C)[C@@H]2CCC1(C)C1(SS1=O)C21Cc2ccccc2C1. The Bertz CT molecular complexity index is 669. The molecule has 4 aliphatic rings. The van der Waals surface area contributed by atoms with E-state index in [9.17, 15) is 4.21 Å². The number of benzene rings is 1. The zero-order chi connectivity index (χ0) is 14.7. The Kier molecular flexibility index (Phi) is 2.17. The molecule has 3 heteroatoms. The van der Waals surface area contributed by atoms with E-state index in [-0.39, 0.29) is 14.9 Å². The highest BCUT2D eigenvalue weighted by atomic mass is 33.2. The molecule has 0 N–H and O–H groups in total. The van der Waals surface area contributed by atoms with Crippen LogP contribution in [0.1, 0.15) is 44.7 Å². The number of rotatable bonds is 0. The molecule has 0 aromatic heterocycles. The highest BCUT2D eigenvalue weighted by Gasteiger charge is 2.88. The van der Waals surface area contributed by atoms with E-state index in [1.54, 1.807) is 10.8 Å². The fourth-order valence-corrected chi connectivity index (χ4v) is 12.0. The van der Waals surface area contributed by atoms with Gasteiger partial charge >= 0.3 is 0 Å². The third kappa shape index (κ3) is 1.11. The summed E-state index contributed by atoms with van der Waals surface area (Å²) in [6.07, 6.45) is 4.91. The van der Waals surface area contributed by atoms with Gasteiger partial charge in [-0.05, 0) is 58.9 Å². The topological polar surface area (TPSA) is 17.1 Å². The zero-order valence-electron chi connectivity index (χ0n) is 12.9. The highest BCUT2D eigenvalue weighted by molar-refractivity contribution is 8.86. The molecule has 2 saturated carbocycles. The highest BCUT2D eigenvalue weighted by Crippen LogP contribution is 2.89. The minimum absolute atomic E-state index is 0.0332. The molecule has 2 bridgehead atoms. The van der Waals surface area contributed by atoms with Gasteiger partial charge in [-0.1, -0.05) is 45.0 Å². The van der Waals surface area contributed by atoms with Crippen LogP contribution in [0.4, 0.5) is 0 Å². The predicted molar refractivity (Wildman–Crippen MR) is 89.4 cm³/mol. The Morgan fingerprint density at radius 3 is 2.24 bits per heavy atom. The van der Waals surface area contributed by atoms with Crippen molar-refractivity contribution in [1.29, 1.82) is 0 Å². The largest absolute Gasteiger partial charge is 0.246 e. The van der Waals surface area contributed by atoms with Crippen LogP contribution >= 0.6 is 10.8 Å². The molecule has 2 spiro atoms. The summed E-state index contributed by atoms with van der Waals surface area (Å²) in [6, 6.07) is 8.94. The zero-order valence-corrected chi connectivity index (χ0v) is 14.6. The van der Waals surface area contributed by atoms with Crippen molar-refractivity contribution in [3.8, 4) is 0 Å². The molecule has 0 amide bonds. The quantitative estimate of drug-likeness (QED) is 0.523. The first-order valence-electron chi connectivity index (χ1n) is 8.07. The molecule has 5 rings (SSSR count). The molecule has 3 unspecified atom stereocenters. The van der Waals surface area contributed by atoms with E-state index in [4.69, 9.17) is 0 Å². The van der Waals surface area contributed by atoms with Gasteiger partial charge in [0, 0.05) is 10.8 Å². The first-order chi connectivity index (χ1) is 9.89. The molecule has 3 fully saturated rings. The molecule has 1 nitrogen and oxygen atoms in total. The van der Waals surface area contributed by atoms with Crippen LogP contribution in [0, 0.1) is 22.2 Å². The Hall–Kier alpha value is -0.280. The molecule has 4 atom stereocenters. The van der Waals surface area contributed by atoms with Crippen LogP contribution in [0.5, 0.6) is 0 Å². The lowest BCUT2D eigenvalue weighted by atomic mass is 9.67. The maximum absolute atomic E-state index is 12.8. The van der Waals surface area contributed by atoms with Crippen molar-refractivity contribution in [1.82, 2.24) is 0 Å². The summed E-state index contributed by atoms with van der Waals surface area (Å²) in [7, 11) is 1.12. The van der Waals surface area contributed by atoms with Gasteiger partial charge in [-0.2, -0.15) is 0 Å². The number of hydrogen-bond donors (Lipinski definition) is 0. The molecule has 112 valence electrons. The lowest BCUT2D eigenvalue weighted by molar-refractivity contribution is 0.138. The van der Waals surface area contributed by atoms with E-state index in [1.165, 1.54) is 24.0 Å². The minimum Gasteiger partial charge on any atom is -0.246 e. The molecule has 0 radical (unpaired) electrons. The fraction of sp³-hybridized carbons (Fsp3) is 0.667. The third-order valence-corrected chi connectivity index (χ3v) is 12.2. The lowest BCUT2D eigenvalue weighted by Gasteiger charge is -2.42. The van der Waals surface area contributed by atoms with Crippen LogP contribution in [0.3, 0.4) is 0 Å². The summed E-state index contributed by atoms with van der Waals surface area (Å²) in [4.78, 5) is 0. The van der Waals surface area contributed by atoms with Crippen molar-refractivity contribution in [2.24, 2.45) is 22.2 Å². The van der Waals surface area contributed by atoms with Gasteiger partial charge in [0.15, 0.2) is 0 Å². The van der Waals surface area contributed by atoms with E-state index in [0.29, 0.717) is 5.41 Å². The van der Waals surface area contributed by atoms with Crippen LogP contribution in [-0.2, 0) is 22.7 Å². The molecule has 1 aromatic carbocycles. The third-order valence-electron chi connectivity index (χ3n) is 7.81. The van der Waals surface area contributed by atoms with Gasteiger partial charge in [-0.15, -0.1) is 0 Å². The normalized spacial score (nSPS) is 47.2. The van der Waals surface area contributed by atoms with Crippen molar-refractivity contribution in [3.63, 3.8) is 0 Å². The van der Waals surface area contributed by atoms with E-state index in [1.807, 2.05) is 0 Å². The average Bonchev–Trinajstić information content (AvgIpc) is 2.84. The maximum atomic E-state index is 12.8. The van der Waals surface area contributed by atoms with Crippen LogP contribution < -0.4 is 0 Å². The lowest BCUT2D eigenvalue weighted by Crippen LogP contribution is -2.47. The second-order valence-electron chi connectivity index (χ2n) is 8.36. The molecule has 1 heterocycles. The van der Waals surface area contributed by atoms with Crippen LogP contribution in [0.15, 0.2) is 24.3 Å². The Morgan fingerprint density at radius 2 is 1.71 bits per heavy atom. The Labute approximate surface area is 133 Å². The van der Waals surface area contributed by atoms with E-state index in [2.05, 4.69) is 45.0 Å². The van der Waals surface area contributed by atoms with Gasteiger partial charge in [-0.3, -0.25) is 0 Å². The number of hydrogen-bond acceptors (Lipinski definition) is 2. The summed E-state index contributed by atoms with van der Waals surface area (Å²) in [5, 5.41) is 0. The molecular formula is C18H22OS2. The summed E-state index contributed by atoms with van der Waals surface area (Å²) >= 11 is 0. The van der Waals surface area contributed by atoms with Crippen LogP contribution in [0.2, 0.25) is 0 Å². The van der Waals surface area contributed by atoms with Crippen molar-refractivity contribution in [2.45, 2.75) is 50.5 Å². The average molecular weight is 319 g/mol. The van der Waals surface area contributed by atoms with Gasteiger partial charge < -0.3 is 0 Å². The second kappa shape index (κ2) is 3.46. The summed E-state index contributed by atoms with van der Waals surface area (Å²) < 4.78 is 12.8. The standard InChI is InChI=1S/C18H22OS2/c1-15(2)14-8-9-16(15,3)18(20-21(18)19)17(14)10-12-6-4-5-7-13(12)11-17/h4-7,14H,8-11H2,1-3H3/t14-,16?,18?,21?/m0/s1. The molecular weight excluding hydrogens is 296 g/mol. The monoisotopic (exact) mass is 318 g/mol. The van der Waals surface area contributed by atoms with E-state index in [0.717, 1.165) is 18.8 Å². The first-order valence-corrected chi connectivity index (χ1v) is 10.6. The molecule has 21 heavy (non-hydrogen) atoms. The van der Waals surface area contributed by atoms with Crippen molar-refractivity contribution in [3.05, 3.63) is 35.4 Å². The Morgan fingerprint density at radius 1 is 1.14 bits per heavy atom. The molecule has 3 aliphatic carbocycles. The van der Waals surface area contributed by atoms with E-state index < -0.39 is 9.83 Å². The smallest absolute Gasteiger partial charge is 0.126 e. The van der Waals surface area contributed by atoms with Crippen molar-refractivity contribution < 1.29 is 4.21 Å². The molecule has 1 saturated heterocycles. The fourth-order valence-electron chi connectivity index (χ4n) is 6.57. The predicted octanol–water partition coefficient (Wildman–Crippen LogP) is 4.33.